The van der Waals surface area contributed by atoms with E-state index in [0.717, 1.165) is 34.8 Å². The van der Waals surface area contributed by atoms with Crippen LogP contribution in [0.1, 0.15) is 18.5 Å². The number of aryl methyl sites for hydroxylation is 1. The van der Waals surface area contributed by atoms with Gasteiger partial charge in [-0.15, -0.1) is 0 Å². The molecule has 1 atom stereocenters. The summed E-state index contributed by atoms with van der Waals surface area (Å²) in [5.74, 6) is 1.60. The lowest BCUT2D eigenvalue weighted by Crippen LogP contribution is -2.32. The Morgan fingerprint density at radius 3 is 3.15 bits per heavy atom. The van der Waals surface area contributed by atoms with Gasteiger partial charge in [0.25, 0.3) is 0 Å². The maximum absolute atomic E-state index is 9.92. The van der Waals surface area contributed by atoms with E-state index in [0.29, 0.717) is 13.2 Å². The minimum absolute atomic E-state index is 0.293. The van der Waals surface area contributed by atoms with Crippen LogP contribution in [-0.2, 0) is 0 Å². The molecule has 0 bridgehead atoms. The van der Waals surface area contributed by atoms with E-state index in [9.17, 15) is 5.11 Å². The zero-order valence-electron chi connectivity index (χ0n) is 11.7. The molecule has 1 aliphatic carbocycles. The molecule has 2 aromatic rings. The van der Waals surface area contributed by atoms with Crippen molar-refractivity contribution in [2.45, 2.75) is 25.9 Å². The van der Waals surface area contributed by atoms with Gasteiger partial charge >= 0.3 is 0 Å². The summed E-state index contributed by atoms with van der Waals surface area (Å²) in [4.78, 5) is 0. The summed E-state index contributed by atoms with van der Waals surface area (Å²) in [6, 6.07) is 5.80. The molecule has 0 unspecified atom stereocenters. The number of nitrogens with zero attached hydrogens (tertiary/aromatic N) is 1. The van der Waals surface area contributed by atoms with Crippen molar-refractivity contribution in [3.63, 3.8) is 0 Å². The van der Waals surface area contributed by atoms with Crippen LogP contribution in [0.15, 0.2) is 18.2 Å². The first kappa shape index (κ1) is 13.4. The van der Waals surface area contributed by atoms with Gasteiger partial charge in [0, 0.05) is 6.54 Å². The van der Waals surface area contributed by atoms with E-state index in [2.05, 4.69) is 15.5 Å². The number of rotatable bonds is 7. The van der Waals surface area contributed by atoms with Crippen LogP contribution in [0.25, 0.3) is 10.9 Å². The number of hydrogen-bond acceptors (Lipinski definition) is 4. The second kappa shape index (κ2) is 5.81. The molecule has 1 fully saturated rings. The van der Waals surface area contributed by atoms with E-state index >= 15 is 0 Å². The van der Waals surface area contributed by atoms with Gasteiger partial charge < -0.3 is 15.2 Å². The van der Waals surface area contributed by atoms with Gasteiger partial charge in [-0.05, 0) is 44.4 Å². The summed E-state index contributed by atoms with van der Waals surface area (Å²) >= 11 is 0. The third kappa shape index (κ3) is 3.11. The predicted molar refractivity (Wildman–Crippen MR) is 77.9 cm³/mol. The van der Waals surface area contributed by atoms with Crippen LogP contribution in [0, 0.1) is 12.8 Å². The lowest BCUT2D eigenvalue weighted by molar-refractivity contribution is 0.107. The summed E-state index contributed by atoms with van der Waals surface area (Å²) < 4.78 is 5.74. The molecule has 5 heteroatoms. The van der Waals surface area contributed by atoms with Crippen LogP contribution in [-0.4, -0.2) is 41.1 Å². The lowest BCUT2D eigenvalue weighted by atomic mass is 10.2. The molecule has 1 saturated carbocycles. The number of aromatic nitrogens is 2. The summed E-state index contributed by atoms with van der Waals surface area (Å²) in [6.07, 6.45) is 2.15. The SMILES string of the molecule is Cc1n[nH]c2cccc(OC[C@@H](O)CNCC3CC3)c12. The van der Waals surface area contributed by atoms with Crippen LogP contribution < -0.4 is 10.1 Å². The van der Waals surface area contributed by atoms with Crippen molar-refractivity contribution in [2.24, 2.45) is 5.92 Å². The first-order chi connectivity index (χ1) is 9.74. The smallest absolute Gasteiger partial charge is 0.130 e. The molecular formula is C15H21N3O2. The Labute approximate surface area is 118 Å². The lowest BCUT2D eigenvalue weighted by Gasteiger charge is -2.13. The van der Waals surface area contributed by atoms with E-state index in [1.54, 1.807) is 0 Å². The fourth-order valence-electron chi connectivity index (χ4n) is 2.34. The number of nitrogens with one attached hydrogen (secondary N) is 2. The minimum atomic E-state index is -0.490. The van der Waals surface area contributed by atoms with Gasteiger partial charge in [-0.25, -0.2) is 0 Å². The molecular weight excluding hydrogens is 254 g/mol. The molecule has 0 aliphatic heterocycles. The largest absolute Gasteiger partial charge is 0.490 e. The second-order valence-electron chi connectivity index (χ2n) is 5.55. The fourth-order valence-corrected chi connectivity index (χ4v) is 2.34. The second-order valence-corrected chi connectivity index (χ2v) is 5.55. The summed E-state index contributed by atoms with van der Waals surface area (Å²) in [7, 11) is 0. The van der Waals surface area contributed by atoms with Crippen LogP contribution >= 0.6 is 0 Å². The monoisotopic (exact) mass is 275 g/mol. The van der Waals surface area contributed by atoms with Gasteiger partial charge in [0.05, 0.1) is 16.6 Å². The van der Waals surface area contributed by atoms with E-state index < -0.39 is 6.10 Å². The Morgan fingerprint density at radius 2 is 2.35 bits per heavy atom. The van der Waals surface area contributed by atoms with Crippen molar-refractivity contribution in [3.8, 4) is 5.75 Å². The Balaban J connectivity index is 1.54. The van der Waals surface area contributed by atoms with Gasteiger partial charge in [-0.3, -0.25) is 5.10 Å². The Morgan fingerprint density at radius 1 is 1.50 bits per heavy atom. The van der Waals surface area contributed by atoms with Gasteiger partial charge in [-0.1, -0.05) is 6.07 Å². The molecule has 0 amide bonds. The number of H-pyrrole nitrogens is 1. The molecule has 5 nitrogen and oxygen atoms in total. The van der Waals surface area contributed by atoms with Crippen LogP contribution in [0.5, 0.6) is 5.75 Å². The number of ether oxygens (including phenoxy) is 1. The molecule has 1 aliphatic rings. The topological polar surface area (TPSA) is 70.2 Å². The molecule has 1 heterocycles. The van der Waals surface area contributed by atoms with Gasteiger partial charge in [0.2, 0.25) is 0 Å². The van der Waals surface area contributed by atoms with Crippen molar-refractivity contribution in [1.29, 1.82) is 0 Å². The zero-order valence-corrected chi connectivity index (χ0v) is 11.7. The maximum atomic E-state index is 9.92. The zero-order chi connectivity index (χ0) is 13.9. The number of aliphatic hydroxyl groups excluding tert-OH is 1. The Bertz CT molecular complexity index is 578. The summed E-state index contributed by atoms with van der Waals surface area (Å²) in [5, 5.41) is 21.3. The molecule has 20 heavy (non-hydrogen) atoms. The van der Waals surface area contributed by atoms with Crippen molar-refractivity contribution >= 4 is 10.9 Å². The quantitative estimate of drug-likeness (QED) is 0.718. The Kier molecular flexibility index (Phi) is 3.89. The third-order valence-electron chi connectivity index (χ3n) is 3.67. The highest BCUT2D eigenvalue weighted by atomic mass is 16.5. The van der Waals surface area contributed by atoms with Crippen molar-refractivity contribution in [2.75, 3.05) is 19.7 Å². The Hall–Kier alpha value is -1.59. The highest BCUT2D eigenvalue weighted by Crippen LogP contribution is 2.28. The number of aromatic amines is 1. The van der Waals surface area contributed by atoms with Crippen molar-refractivity contribution in [1.82, 2.24) is 15.5 Å². The van der Waals surface area contributed by atoms with Gasteiger partial charge in [0.15, 0.2) is 0 Å². The molecule has 1 aromatic heterocycles. The van der Waals surface area contributed by atoms with Gasteiger partial charge in [-0.2, -0.15) is 5.10 Å². The third-order valence-corrected chi connectivity index (χ3v) is 3.67. The van der Waals surface area contributed by atoms with Gasteiger partial charge in [0.1, 0.15) is 18.5 Å². The molecule has 0 radical (unpaired) electrons. The molecule has 3 rings (SSSR count). The molecule has 0 saturated heterocycles. The molecule has 0 spiro atoms. The average Bonchev–Trinajstić information content (AvgIpc) is 3.19. The molecule has 108 valence electrons. The number of hydrogen-bond donors (Lipinski definition) is 3. The minimum Gasteiger partial charge on any atom is -0.490 e. The van der Waals surface area contributed by atoms with Crippen LogP contribution in [0.3, 0.4) is 0 Å². The average molecular weight is 275 g/mol. The highest BCUT2D eigenvalue weighted by Gasteiger charge is 2.20. The van der Waals surface area contributed by atoms with Crippen LogP contribution in [0.4, 0.5) is 0 Å². The van der Waals surface area contributed by atoms with Crippen molar-refractivity contribution in [3.05, 3.63) is 23.9 Å². The van der Waals surface area contributed by atoms with Crippen molar-refractivity contribution < 1.29 is 9.84 Å². The van der Waals surface area contributed by atoms with Crippen LogP contribution in [0.2, 0.25) is 0 Å². The molecule has 3 N–H and O–H groups in total. The number of fused-ring (bicyclic) bond motifs is 1. The number of aliphatic hydroxyl groups is 1. The predicted octanol–water partition coefficient (Wildman–Crippen LogP) is 1.61. The first-order valence-electron chi connectivity index (χ1n) is 7.19. The molecule has 1 aromatic carbocycles. The summed E-state index contributed by atoms with van der Waals surface area (Å²) in [5.41, 5.74) is 1.87. The fraction of sp³-hybridized carbons (Fsp3) is 0.533. The number of benzene rings is 1. The summed E-state index contributed by atoms with van der Waals surface area (Å²) in [6.45, 7) is 3.82. The maximum Gasteiger partial charge on any atom is 0.130 e. The standard InChI is InChI=1S/C15H21N3O2/c1-10-15-13(18-17-10)3-2-4-14(15)20-9-12(19)8-16-7-11-5-6-11/h2-4,11-12,16,19H,5-9H2,1H3,(H,17,18)/t12-/m0/s1. The van der Waals surface area contributed by atoms with E-state index in [-0.39, 0.29) is 0 Å². The highest BCUT2D eigenvalue weighted by molar-refractivity contribution is 5.87. The van der Waals surface area contributed by atoms with E-state index in [1.807, 2.05) is 25.1 Å². The van der Waals surface area contributed by atoms with E-state index in [1.165, 1.54) is 12.8 Å². The van der Waals surface area contributed by atoms with E-state index in [4.69, 9.17) is 4.74 Å². The normalized spacial score (nSPS) is 16.5. The first-order valence-corrected chi connectivity index (χ1v) is 7.19.